The lowest BCUT2D eigenvalue weighted by molar-refractivity contribution is 0.0971. The minimum Gasteiger partial charge on any atom is -0.493 e. The van der Waals surface area contributed by atoms with Crippen LogP contribution in [0.4, 0.5) is 0 Å². The number of hydrogen-bond acceptors (Lipinski definition) is 6. The van der Waals surface area contributed by atoms with Gasteiger partial charge in [0.1, 0.15) is 16.9 Å². The number of unbranched alkanes of at least 4 members (excludes halogenated alkanes) is 6. The molecule has 0 fully saturated rings. The number of carbonyl (C=O) groups excluding carboxylic acids is 2. The van der Waals surface area contributed by atoms with Crippen molar-refractivity contribution in [2.75, 3.05) is 13.2 Å². The lowest BCUT2D eigenvalue weighted by Gasteiger charge is -2.23. The predicted molar refractivity (Wildman–Crippen MR) is 136 cm³/mol. The Hall–Kier alpha value is -2.78. The number of fused-ring (bicyclic) bond motifs is 2. The summed E-state index contributed by atoms with van der Waals surface area (Å²) in [6, 6.07) is 8.73. The molecule has 0 spiro atoms. The molecule has 0 saturated carbocycles. The van der Waals surface area contributed by atoms with E-state index >= 15 is 0 Å². The van der Waals surface area contributed by atoms with Gasteiger partial charge in [0, 0.05) is 16.9 Å². The van der Waals surface area contributed by atoms with E-state index in [1.165, 1.54) is 0 Å². The minimum atomic E-state index is -0.239. The van der Waals surface area contributed by atoms with Crippen LogP contribution in [0.3, 0.4) is 0 Å². The second-order valence-corrected chi connectivity index (χ2v) is 9.31. The molecule has 0 unspecified atom stereocenters. The van der Waals surface area contributed by atoms with E-state index < -0.39 is 0 Å². The van der Waals surface area contributed by atoms with Gasteiger partial charge in [-0.25, -0.2) is 0 Å². The van der Waals surface area contributed by atoms with E-state index in [0.29, 0.717) is 52.7 Å². The maximum Gasteiger partial charge on any atom is 0.201 e. The van der Waals surface area contributed by atoms with Gasteiger partial charge in [-0.2, -0.15) is 5.26 Å². The number of thioether (sulfide) groups is 1. The first kappa shape index (κ1) is 25.8. The topological polar surface area (TPSA) is 76.4 Å². The van der Waals surface area contributed by atoms with E-state index in [-0.39, 0.29) is 11.6 Å². The van der Waals surface area contributed by atoms with Crippen molar-refractivity contribution in [1.29, 1.82) is 5.26 Å². The average molecular weight is 480 g/mol. The van der Waals surface area contributed by atoms with Crippen molar-refractivity contribution < 1.29 is 19.1 Å². The molecule has 0 aromatic heterocycles. The molecule has 0 amide bonds. The number of nitriles is 1. The van der Waals surface area contributed by atoms with Crippen LogP contribution in [0.5, 0.6) is 11.5 Å². The number of hydrogen-bond donors (Lipinski definition) is 0. The van der Waals surface area contributed by atoms with E-state index in [9.17, 15) is 9.59 Å². The maximum atomic E-state index is 13.7. The first-order chi connectivity index (χ1) is 16.6. The maximum absolute atomic E-state index is 13.7. The van der Waals surface area contributed by atoms with Crippen LogP contribution in [0, 0.1) is 10.7 Å². The molecule has 0 radical (unpaired) electrons. The van der Waals surface area contributed by atoms with Crippen LogP contribution in [0.15, 0.2) is 30.3 Å². The lowest BCUT2D eigenvalue weighted by Crippen LogP contribution is -2.23. The molecular formula is C28H33NO4S. The van der Waals surface area contributed by atoms with E-state index in [0.717, 1.165) is 68.7 Å². The van der Waals surface area contributed by atoms with Crippen LogP contribution in [-0.2, 0) is 5.75 Å². The summed E-state index contributed by atoms with van der Waals surface area (Å²) >= 11 is 1.09. The summed E-state index contributed by atoms with van der Waals surface area (Å²) in [6.07, 6.45) is 8.44. The summed E-state index contributed by atoms with van der Waals surface area (Å²) in [5.74, 6) is 0.850. The van der Waals surface area contributed by atoms with E-state index in [4.69, 9.17) is 14.7 Å². The summed E-state index contributed by atoms with van der Waals surface area (Å²) < 4.78 is 12.0. The van der Waals surface area contributed by atoms with Crippen molar-refractivity contribution in [3.05, 3.63) is 58.1 Å². The van der Waals surface area contributed by atoms with E-state index in [2.05, 4.69) is 19.2 Å². The van der Waals surface area contributed by atoms with Crippen molar-refractivity contribution in [3.8, 4) is 16.9 Å². The number of ketones is 2. The summed E-state index contributed by atoms with van der Waals surface area (Å²) in [6.45, 7) is 5.30. The molecule has 0 atom stereocenters. The van der Waals surface area contributed by atoms with Gasteiger partial charge in [-0.3, -0.25) is 9.59 Å². The summed E-state index contributed by atoms with van der Waals surface area (Å²) in [5.41, 5.74) is 2.13. The van der Waals surface area contributed by atoms with Gasteiger partial charge in [-0.1, -0.05) is 64.5 Å². The molecule has 0 heterocycles. The molecule has 0 N–H and O–H groups in total. The van der Waals surface area contributed by atoms with Crippen molar-refractivity contribution in [2.45, 2.75) is 71.0 Å². The summed E-state index contributed by atoms with van der Waals surface area (Å²) in [5, 5.41) is 11.0. The first-order valence-electron chi connectivity index (χ1n) is 12.3. The van der Waals surface area contributed by atoms with Gasteiger partial charge >= 0.3 is 0 Å². The molecule has 5 nitrogen and oxygen atoms in total. The van der Waals surface area contributed by atoms with Crippen LogP contribution >= 0.6 is 11.8 Å². The number of rotatable bonds is 14. The zero-order chi connectivity index (χ0) is 24.3. The second-order valence-electron chi connectivity index (χ2n) is 8.55. The first-order valence-corrected chi connectivity index (χ1v) is 13.3. The number of ether oxygens (including phenoxy) is 2. The quantitative estimate of drug-likeness (QED) is 0.181. The molecule has 2 aromatic rings. The molecule has 0 aliphatic heterocycles. The number of carbonyl (C=O) groups is 2. The Morgan fingerprint density at radius 3 is 2.09 bits per heavy atom. The van der Waals surface area contributed by atoms with Gasteiger partial charge in [-0.15, -0.1) is 0 Å². The Kier molecular flexibility index (Phi) is 10.0. The predicted octanol–water partition coefficient (Wildman–Crippen LogP) is 7.09. The van der Waals surface area contributed by atoms with Gasteiger partial charge in [-0.05, 0) is 48.4 Å². The van der Waals surface area contributed by atoms with Crippen molar-refractivity contribution >= 4 is 23.3 Å². The number of thiocyanates is 1. The second kappa shape index (κ2) is 13.2. The lowest BCUT2D eigenvalue weighted by atomic mass is 9.82. The standard InChI is InChI=1S/C28H33NO4S/c1-3-5-7-9-14-32-23-13-11-12-21-25(23)28(31)26-22(27(21)30)16-20(18-34-19-29)17-24(26)33-15-10-8-6-4-2/h11-13,16-17H,3-10,14-15,18H2,1-2H3. The molecule has 0 saturated heterocycles. The van der Waals surface area contributed by atoms with Crippen molar-refractivity contribution in [3.63, 3.8) is 0 Å². The molecular weight excluding hydrogens is 446 g/mol. The fraction of sp³-hybridized carbons (Fsp3) is 0.464. The largest absolute Gasteiger partial charge is 0.493 e. The van der Waals surface area contributed by atoms with Crippen molar-refractivity contribution in [2.24, 2.45) is 0 Å². The fourth-order valence-electron chi connectivity index (χ4n) is 4.17. The highest BCUT2D eigenvalue weighted by Crippen LogP contribution is 2.39. The highest BCUT2D eigenvalue weighted by Gasteiger charge is 2.35. The molecule has 34 heavy (non-hydrogen) atoms. The van der Waals surface area contributed by atoms with Crippen LogP contribution in [0.1, 0.15) is 103 Å². The van der Waals surface area contributed by atoms with Crippen LogP contribution in [0.2, 0.25) is 0 Å². The highest BCUT2D eigenvalue weighted by molar-refractivity contribution is 8.02. The van der Waals surface area contributed by atoms with Gasteiger partial charge in [0.05, 0.1) is 24.3 Å². The van der Waals surface area contributed by atoms with Crippen molar-refractivity contribution in [1.82, 2.24) is 0 Å². The van der Waals surface area contributed by atoms with Crippen LogP contribution < -0.4 is 9.47 Å². The Labute approximate surface area is 206 Å². The molecule has 6 heteroatoms. The molecule has 2 aromatic carbocycles. The Morgan fingerprint density at radius 2 is 1.44 bits per heavy atom. The molecule has 3 rings (SSSR count). The Bertz CT molecular complexity index is 1060. The zero-order valence-corrected chi connectivity index (χ0v) is 21.0. The monoisotopic (exact) mass is 479 g/mol. The van der Waals surface area contributed by atoms with Crippen LogP contribution in [-0.4, -0.2) is 24.8 Å². The zero-order valence-electron chi connectivity index (χ0n) is 20.2. The molecule has 1 aliphatic carbocycles. The molecule has 0 bridgehead atoms. The third kappa shape index (κ3) is 6.21. The van der Waals surface area contributed by atoms with Gasteiger partial charge in [0.2, 0.25) is 5.78 Å². The fourth-order valence-corrected chi connectivity index (χ4v) is 4.56. The minimum absolute atomic E-state index is 0.208. The number of benzene rings is 2. The normalized spacial score (nSPS) is 12.1. The van der Waals surface area contributed by atoms with Gasteiger partial charge in [0.25, 0.3) is 0 Å². The SMILES string of the molecule is CCCCCCOc1cccc2c1C(=O)c1c(OCCCCCC)cc(CSC#N)cc1C2=O. The Morgan fingerprint density at radius 1 is 0.794 bits per heavy atom. The smallest absolute Gasteiger partial charge is 0.201 e. The van der Waals surface area contributed by atoms with Gasteiger partial charge < -0.3 is 9.47 Å². The summed E-state index contributed by atoms with van der Waals surface area (Å²) in [7, 11) is 0. The molecule has 180 valence electrons. The van der Waals surface area contributed by atoms with E-state index in [1.54, 1.807) is 30.3 Å². The summed E-state index contributed by atoms with van der Waals surface area (Å²) in [4.78, 5) is 27.2. The van der Waals surface area contributed by atoms with Crippen LogP contribution in [0.25, 0.3) is 0 Å². The van der Waals surface area contributed by atoms with Gasteiger partial charge in [0.15, 0.2) is 5.78 Å². The highest BCUT2D eigenvalue weighted by atomic mass is 32.2. The third-order valence-corrected chi connectivity index (χ3v) is 6.55. The Balaban J connectivity index is 1.93. The third-order valence-electron chi connectivity index (χ3n) is 5.95. The molecule has 1 aliphatic rings. The average Bonchev–Trinajstić information content (AvgIpc) is 2.85. The van der Waals surface area contributed by atoms with E-state index in [1.807, 2.05) is 0 Å². The number of nitrogens with zero attached hydrogens (tertiary/aromatic N) is 1.